The van der Waals surface area contributed by atoms with Gasteiger partial charge in [0.15, 0.2) is 0 Å². The van der Waals surface area contributed by atoms with Gasteiger partial charge in [-0.3, -0.25) is 0 Å². The number of phenols is 1. The second-order valence-electron chi connectivity index (χ2n) is 4.24. The summed E-state index contributed by atoms with van der Waals surface area (Å²) in [6, 6.07) is 3.13. The lowest BCUT2D eigenvalue weighted by molar-refractivity contribution is 0.471. The first kappa shape index (κ1) is 10.9. The molecule has 0 aliphatic rings. The Bertz CT molecular complexity index is 394. The van der Waals surface area contributed by atoms with E-state index < -0.39 is 0 Å². The molecule has 1 nitrogen and oxygen atoms in total. The van der Waals surface area contributed by atoms with Gasteiger partial charge in [0.25, 0.3) is 0 Å². The van der Waals surface area contributed by atoms with Gasteiger partial charge in [-0.1, -0.05) is 38.3 Å². The van der Waals surface area contributed by atoms with Gasteiger partial charge in [0.05, 0.1) is 5.02 Å². The SMILES string of the molecule is C#Cc1c(Cl)cc(O)cc1C(C)(C)C. The molecule has 0 fully saturated rings. The van der Waals surface area contributed by atoms with Crippen molar-refractivity contribution < 1.29 is 5.11 Å². The zero-order valence-corrected chi connectivity index (χ0v) is 9.31. The highest BCUT2D eigenvalue weighted by molar-refractivity contribution is 6.32. The molecule has 0 amide bonds. The van der Waals surface area contributed by atoms with Gasteiger partial charge in [-0.2, -0.15) is 0 Å². The summed E-state index contributed by atoms with van der Waals surface area (Å²) in [7, 11) is 0. The highest BCUT2D eigenvalue weighted by atomic mass is 35.5. The Kier molecular flexibility index (Phi) is 2.78. The Balaban J connectivity index is 3.50. The lowest BCUT2D eigenvalue weighted by atomic mass is 9.84. The van der Waals surface area contributed by atoms with Crippen LogP contribution in [0.3, 0.4) is 0 Å². The Morgan fingerprint density at radius 1 is 1.36 bits per heavy atom. The minimum absolute atomic E-state index is 0.121. The van der Waals surface area contributed by atoms with E-state index in [-0.39, 0.29) is 11.2 Å². The van der Waals surface area contributed by atoms with E-state index in [0.717, 1.165) is 5.56 Å². The summed E-state index contributed by atoms with van der Waals surface area (Å²) < 4.78 is 0. The molecule has 74 valence electrons. The molecule has 2 heteroatoms. The molecule has 1 aromatic rings. The van der Waals surface area contributed by atoms with Gasteiger partial charge in [0.1, 0.15) is 5.75 Å². The van der Waals surface area contributed by atoms with Crippen LogP contribution in [0.15, 0.2) is 12.1 Å². The Morgan fingerprint density at radius 3 is 2.36 bits per heavy atom. The highest BCUT2D eigenvalue weighted by Crippen LogP contribution is 2.33. The molecule has 0 spiro atoms. The summed E-state index contributed by atoms with van der Waals surface area (Å²) in [4.78, 5) is 0. The van der Waals surface area contributed by atoms with Crippen molar-refractivity contribution >= 4 is 11.6 Å². The number of terminal acetylenes is 1. The van der Waals surface area contributed by atoms with E-state index in [1.807, 2.05) is 20.8 Å². The van der Waals surface area contributed by atoms with E-state index >= 15 is 0 Å². The molecule has 0 aromatic heterocycles. The molecule has 0 saturated heterocycles. The molecule has 0 aliphatic carbocycles. The molecule has 0 atom stereocenters. The quantitative estimate of drug-likeness (QED) is 0.649. The van der Waals surface area contributed by atoms with Crippen molar-refractivity contribution in [2.45, 2.75) is 26.2 Å². The van der Waals surface area contributed by atoms with Crippen molar-refractivity contribution in [3.63, 3.8) is 0 Å². The number of halogens is 1. The minimum Gasteiger partial charge on any atom is -0.508 e. The summed E-state index contributed by atoms with van der Waals surface area (Å²) in [5.74, 6) is 2.71. The summed E-state index contributed by atoms with van der Waals surface area (Å²) in [6.45, 7) is 6.08. The van der Waals surface area contributed by atoms with E-state index in [4.69, 9.17) is 18.0 Å². The van der Waals surface area contributed by atoms with Crippen molar-refractivity contribution in [1.82, 2.24) is 0 Å². The van der Waals surface area contributed by atoms with Crippen LogP contribution in [0.4, 0.5) is 0 Å². The first-order chi connectivity index (χ1) is 6.36. The minimum atomic E-state index is -0.121. The fraction of sp³-hybridized carbons (Fsp3) is 0.333. The monoisotopic (exact) mass is 208 g/mol. The molecule has 1 N–H and O–H groups in total. The zero-order chi connectivity index (χ0) is 10.9. The van der Waals surface area contributed by atoms with Gasteiger partial charge in [-0.15, -0.1) is 6.42 Å². The van der Waals surface area contributed by atoms with Crippen LogP contribution in [0.25, 0.3) is 0 Å². The molecule has 14 heavy (non-hydrogen) atoms. The Morgan fingerprint density at radius 2 is 1.93 bits per heavy atom. The van der Waals surface area contributed by atoms with Crippen LogP contribution < -0.4 is 0 Å². The van der Waals surface area contributed by atoms with Gasteiger partial charge in [0.2, 0.25) is 0 Å². The van der Waals surface area contributed by atoms with Gasteiger partial charge in [0, 0.05) is 5.56 Å². The van der Waals surface area contributed by atoms with Crippen LogP contribution in [0.5, 0.6) is 5.75 Å². The third kappa shape index (κ3) is 2.02. The lowest BCUT2D eigenvalue weighted by Gasteiger charge is -2.21. The molecule has 1 aromatic carbocycles. The first-order valence-electron chi connectivity index (χ1n) is 4.36. The predicted octanol–water partition coefficient (Wildman–Crippen LogP) is 3.32. The lowest BCUT2D eigenvalue weighted by Crippen LogP contribution is -2.13. The fourth-order valence-electron chi connectivity index (χ4n) is 1.33. The van der Waals surface area contributed by atoms with Crippen molar-refractivity contribution in [2.75, 3.05) is 0 Å². The molecule has 0 aliphatic heterocycles. The largest absolute Gasteiger partial charge is 0.508 e. The van der Waals surface area contributed by atoms with Crippen LogP contribution in [-0.2, 0) is 5.41 Å². The molecular formula is C12H13ClO. The zero-order valence-electron chi connectivity index (χ0n) is 8.56. The number of rotatable bonds is 0. The normalized spacial score (nSPS) is 11.1. The van der Waals surface area contributed by atoms with Gasteiger partial charge in [-0.05, 0) is 23.1 Å². The number of phenolic OH excluding ortho intramolecular Hbond substituents is 1. The molecule has 0 saturated carbocycles. The maximum atomic E-state index is 9.42. The summed E-state index contributed by atoms with van der Waals surface area (Å²) in [6.07, 6.45) is 5.38. The van der Waals surface area contributed by atoms with E-state index in [1.54, 1.807) is 6.07 Å². The van der Waals surface area contributed by atoms with Gasteiger partial charge < -0.3 is 5.11 Å². The average Bonchev–Trinajstić information content (AvgIpc) is 2.01. The van der Waals surface area contributed by atoms with Crippen LogP contribution >= 0.6 is 11.6 Å². The topological polar surface area (TPSA) is 20.2 Å². The smallest absolute Gasteiger partial charge is 0.117 e. The number of hydrogen-bond donors (Lipinski definition) is 1. The Hall–Kier alpha value is -1.13. The van der Waals surface area contributed by atoms with Crippen molar-refractivity contribution in [1.29, 1.82) is 0 Å². The summed E-state index contributed by atoms with van der Waals surface area (Å²) >= 11 is 5.94. The van der Waals surface area contributed by atoms with E-state index in [2.05, 4.69) is 5.92 Å². The van der Waals surface area contributed by atoms with Crippen molar-refractivity contribution in [3.8, 4) is 18.1 Å². The highest BCUT2D eigenvalue weighted by Gasteiger charge is 2.19. The number of hydrogen-bond acceptors (Lipinski definition) is 1. The number of benzene rings is 1. The molecule has 0 bridgehead atoms. The Labute approximate surface area is 89.7 Å². The van der Waals surface area contributed by atoms with Crippen molar-refractivity contribution in [3.05, 3.63) is 28.3 Å². The molecular weight excluding hydrogens is 196 g/mol. The van der Waals surface area contributed by atoms with E-state index in [0.29, 0.717) is 10.6 Å². The van der Waals surface area contributed by atoms with Gasteiger partial charge in [-0.25, -0.2) is 0 Å². The second-order valence-corrected chi connectivity index (χ2v) is 4.65. The first-order valence-corrected chi connectivity index (χ1v) is 4.73. The average molecular weight is 209 g/mol. The molecule has 0 heterocycles. The van der Waals surface area contributed by atoms with Crippen LogP contribution in [0, 0.1) is 12.3 Å². The second kappa shape index (κ2) is 3.55. The molecule has 0 radical (unpaired) electrons. The van der Waals surface area contributed by atoms with Gasteiger partial charge >= 0.3 is 0 Å². The molecule has 1 rings (SSSR count). The standard InChI is InChI=1S/C12H13ClO/c1-5-9-10(12(2,3)4)6-8(14)7-11(9)13/h1,6-7,14H,2-4H3. The maximum absolute atomic E-state index is 9.42. The fourth-order valence-corrected chi connectivity index (χ4v) is 1.60. The predicted molar refractivity (Wildman–Crippen MR) is 59.8 cm³/mol. The maximum Gasteiger partial charge on any atom is 0.117 e. The van der Waals surface area contributed by atoms with Crippen LogP contribution in [0.2, 0.25) is 5.02 Å². The summed E-state index contributed by atoms with van der Waals surface area (Å²) in [5.41, 5.74) is 1.44. The molecule has 0 unspecified atom stereocenters. The summed E-state index contributed by atoms with van der Waals surface area (Å²) in [5, 5.41) is 9.85. The van der Waals surface area contributed by atoms with E-state index in [9.17, 15) is 5.11 Å². The third-order valence-corrected chi connectivity index (χ3v) is 2.33. The third-order valence-electron chi connectivity index (χ3n) is 2.03. The van der Waals surface area contributed by atoms with Crippen LogP contribution in [0.1, 0.15) is 31.9 Å². The van der Waals surface area contributed by atoms with E-state index in [1.165, 1.54) is 6.07 Å². The van der Waals surface area contributed by atoms with Crippen molar-refractivity contribution in [2.24, 2.45) is 0 Å². The number of aromatic hydroxyl groups is 1. The van der Waals surface area contributed by atoms with Crippen LogP contribution in [-0.4, -0.2) is 5.11 Å².